The smallest absolute Gasteiger partial charge is 0.483 e. The van der Waals surface area contributed by atoms with Gasteiger partial charge in [-0.25, -0.2) is 24.4 Å². The maximum Gasteiger partial charge on any atom is 0.483 e. The number of carbonyl (C=O) groups excluding carboxylic acids is 5. The summed E-state index contributed by atoms with van der Waals surface area (Å²) in [4.78, 5) is 78.3. The van der Waals surface area contributed by atoms with Crippen LogP contribution in [0.5, 0.6) is 5.75 Å². The molecule has 2 aromatic rings. The second kappa shape index (κ2) is 16.9. The molecular formula is C44H64BN5O12S. The number of nitrogens with one attached hydrogen (secondary N) is 2. The highest BCUT2D eigenvalue weighted by Gasteiger charge is 2.72. The minimum Gasteiger partial charge on any atom is -0.495 e. The SMILES string of the molecule is COc1c(C(=O)OC(C)(C)C)cccc1C1[C@@H](B2OC3CC4CC(C4(C)C)C3(C)O2)N(OC(C)(C)C(=O)OC(C)(C)C)N1C(=O)Cc1csc(NC(=O)CNC(=O)OC(C)(C)C)n1. The van der Waals surface area contributed by atoms with Crippen molar-refractivity contribution < 1.29 is 57.1 Å². The molecule has 17 nitrogen and oxygen atoms in total. The van der Waals surface area contributed by atoms with Crippen LogP contribution in [0.4, 0.5) is 9.93 Å². The molecule has 0 spiro atoms. The molecule has 63 heavy (non-hydrogen) atoms. The van der Waals surface area contributed by atoms with E-state index in [1.807, 2.05) is 0 Å². The Morgan fingerprint density at radius 1 is 0.921 bits per heavy atom. The largest absolute Gasteiger partial charge is 0.495 e. The normalized spacial score (nSPS) is 25.5. The molecule has 3 aliphatic carbocycles. The van der Waals surface area contributed by atoms with E-state index in [0.29, 0.717) is 17.2 Å². The number of nitrogens with zero attached hydrogens (tertiary/aromatic N) is 3. The third-order valence-corrected chi connectivity index (χ3v) is 12.7. The molecule has 2 saturated heterocycles. The molecule has 7 rings (SSSR count). The zero-order chi connectivity index (χ0) is 46.8. The molecule has 6 atom stereocenters. The molecule has 5 aliphatic rings. The summed E-state index contributed by atoms with van der Waals surface area (Å²) in [5.74, 6) is -2.42. The third kappa shape index (κ3) is 10.2. The van der Waals surface area contributed by atoms with Crippen LogP contribution in [0.1, 0.15) is 137 Å². The summed E-state index contributed by atoms with van der Waals surface area (Å²) in [6.07, 6.45) is 0.517. The highest BCUT2D eigenvalue weighted by atomic mass is 32.1. The lowest BCUT2D eigenvalue weighted by Crippen LogP contribution is -2.74. The lowest BCUT2D eigenvalue weighted by molar-refractivity contribution is -0.396. The second-order valence-corrected chi connectivity index (χ2v) is 21.9. The predicted molar refractivity (Wildman–Crippen MR) is 233 cm³/mol. The quantitative estimate of drug-likeness (QED) is 0.131. The van der Waals surface area contributed by atoms with Crippen molar-refractivity contribution in [1.82, 2.24) is 20.5 Å². The molecule has 3 amide bonds. The van der Waals surface area contributed by atoms with Crippen molar-refractivity contribution in [1.29, 1.82) is 0 Å². The molecule has 1 aromatic carbocycles. The number of aromatic nitrogens is 1. The molecule has 2 aliphatic heterocycles. The molecule has 2 N–H and O–H groups in total. The fourth-order valence-corrected chi connectivity index (χ4v) is 9.66. The van der Waals surface area contributed by atoms with Gasteiger partial charge in [-0.1, -0.05) is 31.2 Å². The summed E-state index contributed by atoms with van der Waals surface area (Å²) in [6.45, 7) is 25.0. The average molecular weight is 898 g/mol. The van der Waals surface area contributed by atoms with Crippen LogP contribution < -0.4 is 15.4 Å². The first-order valence-corrected chi connectivity index (χ1v) is 22.3. The van der Waals surface area contributed by atoms with E-state index in [2.05, 4.69) is 36.4 Å². The molecule has 3 saturated carbocycles. The van der Waals surface area contributed by atoms with E-state index in [4.69, 9.17) is 33.1 Å². The maximum absolute atomic E-state index is 14.9. The molecular weight excluding hydrogens is 833 g/mol. The zero-order valence-electron chi connectivity index (χ0n) is 39.3. The first-order chi connectivity index (χ1) is 28.9. The van der Waals surface area contributed by atoms with E-state index in [-0.39, 0.29) is 46.8 Å². The molecule has 346 valence electrons. The lowest BCUT2D eigenvalue weighted by atomic mass is 9.43. The number of hydrogen-bond donors (Lipinski definition) is 2. The van der Waals surface area contributed by atoms with Crippen LogP contribution in [0.25, 0.3) is 0 Å². The average Bonchev–Trinajstić information content (AvgIpc) is 3.71. The van der Waals surface area contributed by atoms with Crippen molar-refractivity contribution in [3.63, 3.8) is 0 Å². The van der Waals surface area contributed by atoms with Crippen LogP contribution in [-0.2, 0) is 49.2 Å². The Kier molecular flexibility index (Phi) is 12.9. The number of benzene rings is 1. The molecule has 5 unspecified atom stereocenters. The monoisotopic (exact) mass is 897 g/mol. The first-order valence-electron chi connectivity index (χ1n) is 21.4. The van der Waals surface area contributed by atoms with E-state index in [9.17, 15) is 24.0 Å². The van der Waals surface area contributed by atoms with Crippen LogP contribution in [0.2, 0.25) is 0 Å². The van der Waals surface area contributed by atoms with Crippen molar-refractivity contribution in [2.24, 2.45) is 17.3 Å². The van der Waals surface area contributed by atoms with E-state index in [0.717, 1.165) is 24.2 Å². The standard InChI is InChI=1S/C44H64BN5O12S/c1-39(2,3)57-35(53)27-18-16-17-26(33(27)56-15)32-34(45-60-29-20-24-19-28(42(24,10)11)44(29,14)61-45)50(62-43(12,13)36(54)58-40(4,5)6)49(32)31(52)21-25-23-63-37(47-25)48-30(51)22-46-38(55)59-41(7,8)9/h16-18,23-24,28-29,32,34H,19-22H2,1-15H3,(H,46,55)(H,47,48,51)/t24?,28?,29?,32?,34-,44?/m0/s1. The van der Waals surface area contributed by atoms with Gasteiger partial charge in [0.05, 0.1) is 37.0 Å². The topological polar surface area (TPSA) is 193 Å². The number of esters is 2. The van der Waals surface area contributed by atoms with E-state index in [1.54, 1.807) is 99.7 Å². The highest BCUT2D eigenvalue weighted by molar-refractivity contribution is 7.13. The number of ether oxygens (including phenoxy) is 4. The Hall–Kier alpha value is -4.30. The Morgan fingerprint density at radius 3 is 2.17 bits per heavy atom. The number of methoxy groups -OCH3 is 1. The van der Waals surface area contributed by atoms with Gasteiger partial charge in [0.2, 0.25) is 11.8 Å². The Morgan fingerprint density at radius 2 is 1.57 bits per heavy atom. The Labute approximate surface area is 374 Å². The van der Waals surface area contributed by atoms with Crippen molar-refractivity contribution >= 4 is 53.4 Å². The predicted octanol–water partition coefficient (Wildman–Crippen LogP) is 6.60. The maximum atomic E-state index is 14.9. The number of hydrogen-bond acceptors (Lipinski definition) is 15. The summed E-state index contributed by atoms with van der Waals surface area (Å²) in [7, 11) is 0.470. The van der Waals surface area contributed by atoms with E-state index >= 15 is 0 Å². The number of para-hydroxylation sites is 1. The van der Waals surface area contributed by atoms with Gasteiger partial charge in [-0.15, -0.1) is 11.3 Å². The van der Waals surface area contributed by atoms with Gasteiger partial charge in [0.25, 0.3) is 0 Å². The Balaban J connectivity index is 1.37. The van der Waals surface area contributed by atoms with Gasteiger partial charge in [-0.3, -0.25) is 14.4 Å². The van der Waals surface area contributed by atoms with Gasteiger partial charge in [0.15, 0.2) is 10.7 Å². The second-order valence-electron chi connectivity index (χ2n) is 21.1. The molecule has 19 heteroatoms. The molecule has 3 heterocycles. The van der Waals surface area contributed by atoms with Crippen molar-refractivity contribution in [2.75, 3.05) is 19.0 Å². The van der Waals surface area contributed by atoms with Crippen LogP contribution in [-0.4, -0.2) is 106 Å². The van der Waals surface area contributed by atoms with Crippen molar-refractivity contribution in [3.8, 4) is 5.75 Å². The number of amides is 3. The Bertz CT molecular complexity index is 2110. The number of carbonyl (C=O) groups is 5. The number of hydrazine groups is 1. The number of alkyl carbamates (subject to hydrolysis) is 1. The molecule has 5 fully saturated rings. The molecule has 1 aromatic heterocycles. The van der Waals surface area contributed by atoms with E-state index < -0.39 is 77.0 Å². The van der Waals surface area contributed by atoms with Crippen molar-refractivity contribution in [3.05, 3.63) is 40.4 Å². The fraction of sp³-hybridized carbons (Fsp3) is 0.682. The van der Waals surface area contributed by atoms with Crippen LogP contribution in [0, 0.1) is 17.3 Å². The summed E-state index contributed by atoms with van der Waals surface area (Å²) < 4.78 is 36.6. The van der Waals surface area contributed by atoms with Gasteiger partial charge in [-0.2, -0.15) is 0 Å². The number of anilines is 1. The minimum atomic E-state index is -1.64. The van der Waals surface area contributed by atoms with Crippen LogP contribution in [0.3, 0.4) is 0 Å². The first kappa shape index (κ1) is 48.2. The van der Waals surface area contributed by atoms with E-state index in [1.165, 1.54) is 17.3 Å². The number of thiazole rings is 1. The zero-order valence-corrected chi connectivity index (χ0v) is 40.1. The van der Waals surface area contributed by atoms with Crippen molar-refractivity contribution in [2.45, 2.75) is 162 Å². The highest BCUT2D eigenvalue weighted by Crippen LogP contribution is 2.66. The van der Waals surface area contributed by atoms with Gasteiger partial charge < -0.3 is 38.9 Å². The lowest BCUT2D eigenvalue weighted by Gasteiger charge is -2.64. The minimum absolute atomic E-state index is 0.0326. The van der Waals surface area contributed by atoms with Gasteiger partial charge >= 0.3 is 25.2 Å². The van der Waals surface area contributed by atoms with Crippen LogP contribution >= 0.6 is 11.3 Å². The summed E-state index contributed by atoms with van der Waals surface area (Å²) in [5, 5.41) is 9.56. The van der Waals surface area contributed by atoms with Crippen LogP contribution in [0.15, 0.2) is 23.6 Å². The van der Waals surface area contributed by atoms with Gasteiger partial charge in [-0.05, 0) is 119 Å². The number of rotatable bonds is 12. The fourth-order valence-electron chi connectivity index (χ4n) is 8.94. The van der Waals surface area contributed by atoms with Gasteiger partial charge in [0, 0.05) is 10.9 Å². The summed E-state index contributed by atoms with van der Waals surface area (Å²) in [5.41, 5.74) is -3.77. The summed E-state index contributed by atoms with van der Waals surface area (Å²) >= 11 is 1.09. The third-order valence-electron chi connectivity index (χ3n) is 11.9. The molecule has 2 bridgehead atoms. The van der Waals surface area contributed by atoms with Gasteiger partial charge in [0.1, 0.15) is 40.6 Å². The summed E-state index contributed by atoms with van der Waals surface area (Å²) in [6, 6.07) is 4.11. The number of hydroxylamine groups is 1. The molecule has 0 radical (unpaired) electrons.